The minimum atomic E-state index is 0. The number of morpholine rings is 1. The van der Waals surface area contributed by atoms with Crippen LogP contribution in [-0.2, 0) is 16.0 Å². The lowest BCUT2D eigenvalue weighted by Gasteiger charge is -2.28. The molecule has 5 heterocycles. The van der Waals surface area contributed by atoms with Crippen LogP contribution < -0.4 is 10.2 Å². The van der Waals surface area contributed by atoms with Gasteiger partial charge in [0.2, 0.25) is 0 Å². The predicted octanol–water partition coefficient (Wildman–Crippen LogP) is 1.72. The number of rotatable bonds is 3. The van der Waals surface area contributed by atoms with Crippen molar-refractivity contribution < 1.29 is 9.47 Å². The Morgan fingerprint density at radius 2 is 1.93 bits per heavy atom. The molecule has 4 aliphatic heterocycles. The average Bonchev–Trinajstić information content (AvgIpc) is 3.43. The number of nitrogens with zero attached hydrogens (tertiary/aromatic N) is 4. The van der Waals surface area contributed by atoms with Crippen LogP contribution in [0.4, 0.5) is 5.82 Å². The van der Waals surface area contributed by atoms with Crippen LogP contribution in [0.2, 0.25) is 0 Å². The van der Waals surface area contributed by atoms with Crippen LogP contribution in [0.5, 0.6) is 0 Å². The maximum Gasteiger partial charge on any atom is 0.193 e. The topological polar surface area (TPSA) is 62.2 Å². The van der Waals surface area contributed by atoms with Crippen molar-refractivity contribution in [1.29, 1.82) is 0 Å². The van der Waals surface area contributed by atoms with E-state index in [-0.39, 0.29) is 24.0 Å². The fraction of sp³-hybridized carbons (Fsp3) is 0.700. The van der Waals surface area contributed by atoms with E-state index in [1.54, 1.807) is 0 Å². The summed E-state index contributed by atoms with van der Waals surface area (Å²) in [6.45, 7) is 6.28. The molecule has 2 bridgehead atoms. The predicted molar refractivity (Wildman–Crippen MR) is 119 cm³/mol. The molecule has 0 radical (unpaired) electrons. The molecule has 28 heavy (non-hydrogen) atoms. The van der Waals surface area contributed by atoms with Gasteiger partial charge in [0.15, 0.2) is 5.96 Å². The number of hydrogen-bond donors (Lipinski definition) is 1. The summed E-state index contributed by atoms with van der Waals surface area (Å²) >= 11 is 0. The first-order valence-corrected chi connectivity index (χ1v) is 10.2. The van der Waals surface area contributed by atoms with Crippen LogP contribution in [0.25, 0.3) is 0 Å². The van der Waals surface area contributed by atoms with Crippen LogP contribution in [0.3, 0.4) is 0 Å². The van der Waals surface area contributed by atoms with E-state index in [0.717, 1.165) is 57.7 Å². The van der Waals surface area contributed by atoms with E-state index >= 15 is 0 Å². The number of nitrogens with one attached hydrogen (secondary N) is 1. The first kappa shape index (κ1) is 20.2. The van der Waals surface area contributed by atoms with Crippen LogP contribution >= 0.6 is 24.0 Å². The zero-order valence-corrected chi connectivity index (χ0v) is 18.7. The lowest BCUT2D eigenvalue weighted by atomic mass is 9.82. The van der Waals surface area contributed by atoms with Gasteiger partial charge in [0.1, 0.15) is 5.82 Å². The number of aromatic nitrogens is 1. The molecule has 0 amide bonds. The highest BCUT2D eigenvalue weighted by Crippen LogP contribution is 2.47. The number of likely N-dealkylation sites (tertiary alicyclic amines) is 1. The second kappa shape index (κ2) is 8.71. The van der Waals surface area contributed by atoms with Crippen LogP contribution in [0.15, 0.2) is 23.3 Å². The quantitative estimate of drug-likeness (QED) is 0.389. The number of ether oxygens (including phenoxy) is 2. The summed E-state index contributed by atoms with van der Waals surface area (Å²) in [4.78, 5) is 13.8. The van der Waals surface area contributed by atoms with Gasteiger partial charge in [0, 0.05) is 57.8 Å². The SMILES string of the molecule is CN=C(NCc1ccnc(N2CCOCC2)c1)N1CC2C3CCC(O3)C2C1.I. The van der Waals surface area contributed by atoms with Gasteiger partial charge in [-0.1, -0.05) is 0 Å². The molecular weight excluding hydrogens is 469 g/mol. The summed E-state index contributed by atoms with van der Waals surface area (Å²) in [6.07, 6.45) is 5.36. The van der Waals surface area contributed by atoms with E-state index in [1.165, 1.54) is 18.4 Å². The second-order valence-corrected chi connectivity index (χ2v) is 8.05. The van der Waals surface area contributed by atoms with E-state index in [1.807, 2.05) is 13.2 Å². The van der Waals surface area contributed by atoms with Crippen molar-refractivity contribution in [2.75, 3.05) is 51.3 Å². The molecule has 1 aromatic rings. The Bertz CT molecular complexity index is 694. The molecule has 4 aliphatic rings. The Hall–Kier alpha value is -1.13. The third-order valence-corrected chi connectivity index (χ3v) is 6.56. The number of pyridine rings is 1. The van der Waals surface area contributed by atoms with Crippen LogP contribution in [0, 0.1) is 11.8 Å². The molecule has 0 aliphatic carbocycles. The summed E-state index contributed by atoms with van der Waals surface area (Å²) in [5, 5.41) is 3.56. The van der Waals surface area contributed by atoms with Crippen molar-refractivity contribution in [3.63, 3.8) is 0 Å². The molecule has 1 N–H and O–H groups in total. The Balaban J connectivity index is 0.00000192. The van der Waals surface area contributed by atoms with Gasteiger partial charge in [-0.05, 0) is 30.5 Å². The maximum absolute atomic E-state index is 6.09. The monoisotopic (exact) mass is 499 g/mol. The number of halogens is 1. The molecule has 4 atom stereocenters. The molecule has 154 valence electrons. The highest BCUT2D eigenvalue weighted by atomic mass is 127. The third-order valence-electron chi connectivity index (χ3n) is 6.56. The molecular formula is C20H30IN5O2. The zero-order chi connectivity index (χ0) is 18.2. The van der Waals surface area contributed by atoms with Crippen molar-refractivity contribution in [3.05, 3.63) is 23.9 Å². The average molecular weight is 499 g/mol. The zero-order valence-electron chi connectivity index (χ0n) is 16.4. The Morgan fingerprint density at radius 1 is 1.21 bits per heavy atom. The largest absolute Gasteiger partial charge is 0.378 e. The van der Waals surface area contributed by atoms with E-state index in [2.05, 4.69) is 37.2 Å². The van der Waals surface area contributed by atoms with Gasteiger partial charge in [0.05, 0.1) is 25.4 Å². The number of fused-ring (bicyclic) bond motifs is 5. The Kier molecular flexibility index (Phi) is 6.27. The fourth-order valence-corrected chi connectivity index (χ4v) is 5.18. The van der Waals surface area contributed by atoms with E-state index in [0.29, 0.717) is 24.0 Å². The van der Waals surface area contributed by atoms with Gasteiger partial charge >= 0.3 is 0 Å². The van der Waals surface area contributed by atoms with Crippen molar-refractivity contribution in [2.24, 2.45) is 16.8 Å². The lowest BCUT2D eigenvalue weighted by molar-refractivity contribution is 0.0767. The van der Waals surface area contributed by atoms with Gasteiger partial charge in [-0.3, -0.25) is 4.99 Å². The summed E-state index contributed by atoms with van der Waals surface area (Å²) in [7, 11) is 1.88. The van der Waals surface area contributed by atoms with E-state index < -0.39 is 0 Å². The molecule has 5 rings (SSSR count). The van der Waals surface area contributed by atoms with E-state index in [9.17, 15) is 0 Å². The molecule has 0 saturated carbocycles. The molecule has 0 spiro atoms. The summed E-state index contributed by atoms with van der Waals surface area (Å²) in [5.74, 6) is 3.43. The lowest BCUT2D eigenvalue weighted by Crippen LogP contribution is -2.41. The van der Waals surface area contributed by atoms with Gasteiger partial charge in [-0.15, -0.1) is 24.0 Å². The number of aliphatic imine (C=N–C) groups is 1. The standard InChI is InChI=1S/C20H29N5O2.HI/c1-21-20(25-12-15-16(13-25)18-3-2-17(15)27-18)23-11-14-4-5-22-19(10-14)24-6-8-26-9-7-24;/h4-5,10,15-18H,2-3,6-9,11-13H2,1H3,(H,21,23);1H. The highest BCUT2D eigenvalue weighted by molar-refractivity contribution is 14.0. The van der Waals surface area contributed by atoms with Crippen molar-refractivity contribution in [1.82, 2.24) is 15.2 Å². The number of hydrogen-bond acceptors (Lipinski definition) is 5. The molecule has 8 heteroatoms. The first-order valence-electron chi connectivity index (χ1n) is 10.2. The molecule has 1 aromatic heterocycles. The van der Waals surface area contributed by atoms with Gasteiger partial charge in [-0.25, -0.2) is 4.98 Å². The normalized spacial score (nSPS) is 31.7. The summed E-state index contributed by atoms with van der Waals surface area (Å²) in [5.41, 5.74) is 1.23. The van der Waals surface area contributed by atoms with E-state index in [4.69, 9.17) is 9.47 Å². The van der Waals surface area contributed by atoms with Crippen molar-refractivity contribution in [3.8, 4) is 0 Å². The first-order chi connectivity index (χ1) is 13.3. The van der Waals surface area contributed by atoms with Crippen LogP contribution in [-0.4, -0.2) is 74.5 Å². The minimum Gasteiger partial charge on any atom is -0.378 e. The minimum absolute atomic E-state index is 0. The number of anilines is 1. The van der Waals surface area contributed by atoms with Gasteiger partial charge in [-0.2, -0.15) is 0 Å². The summed E-state index contributed by atoms with van der Waals surface area (Å²) in [6, 6.07) is 4.26. The van der Waals surface area contributed by atoms with Gasteiger partial charge < -0.3 is 24.6 Å². The number of guanidine groups is 1. The van der Waals surface area contributed by atoms with Crippen molar-refractivity contribution in [2.45, 2.75) is 31.6 Å². The Labute approximate surface area is 183 Å². The second-order valence-electron chi connectivity index (χ2n) is 8.05. The molecule has 4 unspecified atom stereocenters. The maximum atomic E-state index is 6.09. The molecule has 0 aromatic carbocycles. The highest BCUT2D eigenvalue weighted by Gasteiger charge is 2.53. The Morgan fingerprint density at radius 3 is 2.61 bits per heavy atom. The van der Waals surface area contributed by atoms with Gasteiger partial charge in [0.25, 0.3) is 0 Å². The third kappa shape index (κ3) is 3.82. The fourth-order valence-electron chi connectivity index (χ4n) is 5.18. The van der Waals surface area contributed by atoms with Crippen LogP contribution in [0.1, 0.15) is 18.4 Å². The molecule has 4 fully saturated rings. The smallest absolute Gasteiger partial charge is 0.193 e. The molecule has 7 nitrogen and oxygen atoms in total. The van der Waals surface area contributed by atoms with Crippen molar-refractivity contribution >= 4 is 35.8 Å². The molecule has 4 saturated heterocycles. The summed E-state index contributed by atoms with van der Waals surface area (Å²) < 4.78 is 11.5.